The summed E-state index contributed by atoms with van der Waals surface area (Å²) < 4.78 is 12.3. The molecule has 0 fully saturated rings. The quantitative estimate of drug-likeness (QED) is 0.485. The molecule has 0 spiro atoms. The summed E-state index contributed by atoms with van der Waals surface area (Å²) in [6.07, 6.45) is 4.05. The molecule has 0 aromatic carbocycles. The summed E-state index contributed by atoms with van der Waals surface area (Å²) in [5.74, 6) is -1.21. The maximum Gasteiger partial charge on any atom is 0.199 e. The van der Waals surface area contributed by atoms with Crippen LogP contribution in [0.15, 0.2) is 17.3 Å². The number of carbonyl (C=O) groups excluding carboxylic acids is 1. The van der Waals surface area contributed by atoms with E-state index in [-0.39, 0.29) is 0 Å². The van der Waals surface area contributed by atoms with Gasteiger partial charge in [0.2, 0.25) is 0 Å². The smallest absolute Gasteiger partial charge is 0.199 e. The van der Waals surface area contributed by atoms with Crippen molar-refractivity contribution in [2.75, 3.05) is 0 Å². The number of halogens is 1. The van der Waals surface area contributed by atoms with Crippen LogP contribution < -0.4 is 0 Å². The van der Waals surface area contributed by atoms with Crippen molar-refractivity contribution in [2.45, 2.75) is 6.42 Å². The first kappa shape index (κ1) is 6.13. The number of aldehydes is 1. The predicted octanol–water partition coefficient (Wildman–Crippen LogP) is 1.09. The summed E-state index contributed by atoms with van der Waals surface area (Å²) >= 11 is 0. The first-order valence-electron chi connectivity index (χ1n) is 2.68. The van der Waals surface area contributed by atoms with Crippen LogP contribution in [0.25, 0.3) is 0 Å². The number of carbonyl (C=O) groups is 1. The van der Waals surface area contributed by atoms with Crippen LogP contribution >= 0.6 is 0 Å². The van der Waals surface area contributed by atoms with E-state index in [1.807, 2.05) is 0 Å². The number of nitrogens with zero attached hydrogens (tertiary/aromatic N) is 1. The molecule has 0 radical (unpaired) electrons. The van der Waals surface area contributed by atoms with E-state index in [2.05, 4.69) is 4.99 Å². The van der Waals surface area contributed by atoms with Gasteiger partial charge in [0.15, 0.2) is 5.97 Å². The van der Waals surface area contributed by atoms with Crippen LogP contribution in [0.4, 0.5) is 4.39 Å². The average Bonchev–Trinajstić information content (AvgIpc) is 1.89. The summed E-state index contributed by atoms with van der Waals surface area (Å²) in [5, 5.41) is 0. The Hall–Kier alpha value is -0.990. The first-order chi connectivity index (χ1) is 4.34. The third-order valence-electron chi connectivity index (χ3n) is 1.16. The maximum atomic E-state index is 12.3. The van der Waals surface area contributed by atoms with Gasteiger partial charge >= 0.3 is 0 Å². The molecule has 0 aromatic heterocycles. The number of aliphatic imine (C=N–C) groups is 1. The van der Waals surface area contributed by atoms with Crippen molar-refractivity contribution in [1.29, 1.82) is 0 Å². The fraction of sp³-hybridized carbons (Fsp3) is 0.333. The van der Waals surface area contributed by atoms with E-state index < -0.39 is 11.9 Å². The van der Waals surface area contributed by atoms with Crippen molar-refractivity contribution < 1.29 is 9.18 Å². The van der Waals surface area contributed by atoms with Crippen molar-refractivity contribution in [3.8, 4) is 0 Å². The molecule has 9 heavy (non-hydrogen) atoms. The van der Waals surface area contributed by atoms with Crippen molar-refractivity contribution in [1.82, 2.24) is 0 Å². The van der Waals surface area contributed by atoms with Gasteiger partial charge in [0.05, 0.1) is 5.92 Å². The maximum absolute atomic E-state index is 12.3. The van der Waals surface area contributed by atoms with Crippen LogP contribution in [-0.4, -0.2) is 12.3 Å². The monoisotopic (exact) mass is 127 g/mol. The average molecular weight is 127 g/mol. The summed E-state index contributed by atoms with van der Waals surface area (Å²) in [6, 6.07) is 0. The van der Waals surface area contributed by atoms with E-state index in [9.17, 15) is 9.18 Å². The molecule has 1 aliphatic rings. The summed E-state index contributed by atoms with van der Waals surface area (Å²) in [6.45, 7) is 0. The Balaban J connectivity index is 2.69. The molecule has 3 heteroatoms. The molecule has 48 valence electrons. The SMILES string of the molecule is O=CC1CC=CN=C1F. The van der Waals surface area contributed by atoms with Gasteiger partial charge in [-0.15, -0.1) is 0 Å². The summed E-state index contributed by atoms with van der Waals surface area (Å²) in [5.41, 5.74) is 0. The standard InChI is InChI=1S/C6H6FNO/c7-6-5(4-9)2-1-3-8-6/h1,3-5H,2H2. The normalized spacial score (nSPS) is 25.4. The molecule has 1 rings (SSSR count). The number of hydrogen-bond acceptors (Lipinski definition) is 2. The molecule has 0 bridgehead atoms. The zero-order valence-electron chi connectivity index (χ0n) is 4.75. The molecule has 1 unspecified atom stereocenters. The molecule has 0 N–H and O–H groups in total. The highest BCUT2D eigenvalue weighted by molar-refractivity contribution is 5.91. The van der Waals surface area contributed by atoms with Gasteiger partial charge in [-0.1, -0.05) is 6.08 Å². The van der Waals surface area contributed by atoms with Crippen molar-refractivity contribution in [3.05, 3.63) is 12.3 Å². The van der Waals surface area contributed by atoms with Crippen molar-refractivity contribution in [2.24, 2.45) is 10.9 Å². The van der Waals surface area contributed by atoms with E-state index in [4.69, 9.17) is 0 Å². The largest absolute Gasteiger partial charge is 0.303 e. The number of rotatable bonds is 1. The second kappa shape index (κ2) is 2.53. The van der Waals surface area contributed by atoms with Gasteiger partial charge in [0, 0.05) is 6.20 Å². The van der Waals surface area contributed by atoms with E-state index in [1.165, 1.54) is 6.20 Å². The van der Waals surface area contributed by atoms with Crippen LogP contribution in [0.1, 0.15) is 6.42 Å². The van der Waals surface area contributed by atoms with Gasteiger partial charge in [0.1, 0.15) is 6.29 Å². The minimum atomic E-state index is -0.630. The van der Waals surface area contributed by atoms with Crippen LogP contribution in [0.2, 0.25) is 0 Å². The van der Waals surface area contributed by atoms with Crippen LogP contribution in [0.5, 0.6) is 0 Å². The molecule has 1 aliphatic heterocycles. The molecule has 1 heterocycles. The topological polar surface area (TPSA) is 29.4 Å². The Morgan fingerprint density at radius 1 is 1.89 bits per heavy atom. The van der Waals surface area contributed by atoms with Gasteiger partial charge in [0.25, 0.3) is 0 Å². The summed E-state index contributed by atoms with van der Waals surface area (Å²) in [7, 11) is 0. The molecule has 2 nitrogen and oxygen atoms in total. The highest BCUT2D eigenvalue weighted by Gasteiger charge is 2.14. The van der Waals surface area contributed by atoms with Crippen molar-refractivity contribution in [3.63, 3.8) is 0 Å². The molecular weight excluding hydrogens is 121 g/mol. The predicted molar refractivity (Wildman–Crippen MR) is 31.9 cm³/mol. The van der Waals surface area contributed by atoms with E-state index in [0.717, 1.165) is 0 Å². The highest BCUT2D eigenvalue weighted by atomic mass is 19.1. The van der Waals surface area contributed by atoms with Gasteiger partial charge < -0.3 is 4.79 Å². The lowest BCUT2D eigenvalue weighted by Gasteiger charge is -2.04. The second-order valence-corrected chi connectivity index (χ2v) is 1.81. The third kappa shape index (κ3) is 1.22. The Kier molecular flexibility index (Phi) is 1.72. The molecule has 0 aliphatic carbocycles. The Morgan fingerprint density at radius 2 is 2.67 bits per heavy atom. The lowest BCUT2D eigenvalue weighted by Crippen LogP contribution is -2.12. The van der Waals surface area contributed by atoms with E-state index in [1.54, 1.807) is 6.08 Å². The van der Waals surface area contributed by atoms with Crippen LogP contribution in [0, 0.1) is 5.92 Å². The molecular formula is C6H6FNO. The van der Waals surface area contributed by atoms with Crippen LogP contribution in [0.3, 0.4) is 0 Å². The number of allylic oxidation sites excluding steroid dienone is 1. The minimum Gasteiger partial charge on any atom is -0.303 e. The fourth-order valence-corrected chi connectivity index (χ4v) is 0.636. The molecule has 0 saturated heterocycles. The lowest BCUT2D eigenvalue weighted by molar-refractivity contribution is -0.109. The summed E-state index contributed by atoms with van der Waals surface area (Å²) in [4.78, 5) is 13.3. The third-order valence-corrected chi connectivity index (χ3v) is 1.16. The van der Waals surface area contributed by atoms with E-state index >= 15 is 0 Å². The zero-order valence-corrected chi connectivity index (χ0v) is 4.75. The highest BCUT2D eigenvalue weighted by Crippen LogP contribution is 2.09. The lowest BCUT2D eigenvalue weighted by atomic mass is 10.1. The van der Waals surface area contributed by atoms with E-state index in [0.29, 0.717) is 12.7 Å². The van der Waals surface area contributed by atoms with Gasteiger partial charge in [-0.3, -0.25) is 0 Å². The van der Waals surface area contributed by atoms with Crippen LogP contribution in [-0.2, 0) is 4.79 Å². The Bertz CT molecular complexity index is 174. The van der Waals surface area contributed by atoms with Gasteiger partial charge in [-0.25, -0.2) is 4.99 Å². The fourth-order valence-electron chi connectivity index (χ4n) is 0.636. The van der Waals surface area contributed by atoms with Crippen molar-refractivity contribution >= 4 is 12.3 Å². The van der Waals surface area contributed by atoms with Gasteiger partial charge in [-0.2, -0.15) is 4.39 Å². The molecule has 0 aromatic rings. The minimum absolute atomic E-state index is 0.443. The molecule has 1 atom stereocenters. The van der Waals surface area contributed by atoms with Gasteiger partial charge in [-0.05, 0) is 6.42 Å². The Labute approximate surface area is 52.1 Å². The number of hydrogen-bond donors (Lipinski definition) is 0. The second-order valence-electron chi connectivity index (χ2n) is 1.81. The first-order valence-corrected chi connectivity index (χ1v) is 2.68. The Morgan fingerprint density at radius 3 is 3.11 bits per heavy atom. The zero-order chi connectivity index (χ0) is 6.69. The molecule has 0 saturated carbocycles. The molecule has 0 amide bonds.